The zero-order valence-electron chi connectivity index (χ0n) is 10.3. The summed E-state index contributed by atoms with van der Waals surface area (Å²) in [6.45, 7) is 5.60. The van der Waals surface area contributed by atoms with Gasteiger partial charge in [0.15, 0.2) is 6.17 Å². The van der Waals surface area contributed by atoms with Crippen molar-refractivity contribution in [1.29, 1.82) is 0 Å². The molecule has 1 rings (SSSR count). The Morgan fingerprint density at radius 1 is 1.39 bits per heavy atom. The lowest BCUT2D eigenvalue weighted by atomic mass is 10.0. The monoisotopic (exact) mass is 254 g/mol. The molecule has 0 aliphatic carbocycles. The molecule has 0 saturated carbocycles. The highest BCUT2D eigenvalue weighted by Crippen LogP contribution is 2.25. The number of carbonyl (C=O) groups is 1. The number of ether oxygens (including phenoxy) is 1. The SMILES string of the molecule is C=C(C(=O)OCCCC)C(F)c1ccc(F)cc1. The molecule has 0 amide bonds. The van der Waals surface area contributed by atoms with Gasteiger partial charge in [-0.2, -0.15) is 0 Å². The molecule has 0 aromatic heterocycles. The number of esters is 1. The zero-order chi connectivity index (χ0) is 13.5. The molecule has 1 unspecified atom stereocenters. The van der Waals surface area contributed by atoms with Crippen LogP contribution in [0.4, 0.5) is 8.78 Å². The van der Waals surface area contributed by atoms with Crippen molar-refractivity contribution in [3.05, 3.63) is 47.8 Å². The van der Waals surface area contributed by atoms with Crippen LogP contribution in [0.25, 0.3) is 0 Å². The second-order valence-electron chi connectivity index (χ2n) is 3.93. The van der Waals surface area contributed by atoms with Crippen molar-refractivity contribution in [2.45, 2.75) is 25.9 Å². The van der Waals surface area contributed by atoms with E-state index < -0.39 is 18.0 Å². The van der Waals surface area contributed by atoms with Crippen LogP contribution in [0.15, 0.2) is 36.4 Å². The average molecular weight is 254 g/mol. The smallest absolute Gasteiger partial charge is 0.336 e. The lowest BCUT2D eigenvalue weighted by Gasteiger charge is -2.11. The van der Waals surface area contributed by atoms with Gasteiger partial charge < -0.3 is 4.74 Å². The van der Waals surface area contributed by atoms with Crippen LogP contribution in [0.2, 0.25) is 0 Å². The predicted molar refractivity (Wildman–Crippen MR) is 65.3 cm³/mol. The molecular weight excluding hydrogens is 238 g/mol. The van der Waals surface area contributed by atoms with E-state index in [4.69, 9.17) is 4.74 Å². The molecule has 0 N–H and O–H groups in total. The van der Waals surface area contributed by atoms with Gasteiger partial charge in [0, 0.05) is 0 Å². The van der Waals surface area contributed by atoms with E-state index in [0.717, 1.165) is 25.0 Å². The van der Waals surface area contributed by atoms with Gasteiger partial charge in [-0.25, -0.2) is 13.6 Å². The van der Waals surface area contributed by atoms with Gasteiger partial charge in [0.25, 0.3) is 0 Å². The summed E-state index contributed by atoms with van der Waals surface area (Å²) in [7, 11) is 0. The Labute approximate surface area is 105 Å². The molecule has 1 atom stereocenters. The first kappa shape index (κ1) is 14.4. The molecule has 18 heavy (non-hydrogen) atoms. The quantitative estimate of drug-likeness (QED) is 0.439. The van der Waals surface area contributed by atoms with E-state index >= 15 is 0 Å². The van der Waals surface area contributed by atoms with E-state index in [2.05, 4.69) is 6.58 Å². The van der Waals surface area contributed by atoms with Gasteiger partial charge >= 0.3 is 5.97 Å². The number of alkyl halides is 1. The third-order valence-electron chi connectivity index (χ3n) is 2.46. The van der Waals surface area contributed by atoms with Gasteiger partial charge in [0.1, 0.15) is 5.82 Å². The number of hydrogen-bond acceptors (Lipinski definition) is 2. The Hall–Kier alpha value is -1.71. The molecule has 0 spiro atoms. The van der Waals surface area contributed by atoms with E-state index in [1.807, 2.05) is 6.92 Å². The highest BCUT2D eigenvalue weighted by atomic mass is 19.1. The Morgan fingerprint density at radius 2 is 2.00 bits per heavy atom. The Balaban J connectivity index is 2.60. The Kier molecular flexibility index (Phi) is 5.49. The first-order valence-corrected chi connectivity index (χ1v) is 5.81. The number of rotatable bonds is 6. The normalized spacial score (nSPS) is 11.9. The Morgan fingerprint density at radius 3 is 2.56 bits per heavy atom. The van der Waals surface area contributed by atoms with Gasteiger partial charge in [-0.15, -0.1) is 0 Å². The van der Waals surface area contributed by atoms with E-state index in [-0.39, 0.29) is 17.7 Å². The van der Waals surface area contributed by atoms with Crippen LogP contribution in [0.5, 0.6) is 0 Å². The number of benzene rings is 1. The molecular formula is C14H16F2O2. The van der Waals surface area contributed by atoms with Crippen molar-refractivity contribution in [1.82, 2.24) is 0 Å². The summed E-state index contributed by atoms with van der Waals surface area (Å²) in [5.74, 6) is -1.21. The molecule has 98 valence electrons. The third-order valence-corrected chi connectivity index (χ3v) is 2.46. The second-order valence-corrected chi connectivity index (χ2v) is 3.93. The van der Waals surface area contributed by atoms with Crippen LogP contribution in [-0.2, 0) is 9.53 Å². The predicted octanol–water partition coefficient (Wildman–Crippen LogP) is 3.74. The van der Waals surface area contributed by atoms with E-state index in [1.54, 1.807) is 0 Å². The molecule has 0 bridgehead atoms. The molecule has 0 aliphatic rings. The number of halogens is 2. The van der Waals surface area contributed by atoms with Crippen molar-refractivity contribution in [3.63, 3.8) is 0 Å². The largest absolute Gasteiger partial charge is 0.462 e. The van der Waals surface area contributed by atoms with Gasteiger partial charge in [-0.1, -0.05) is 32.1 Å². The first-order valence-electron chi connectivity index (χ1n) is 5.81. The molecule has 0 saturated heterocycles. The second kappa shape index (κ2) is 6.89. The summed E-state index contributed by atoms with van der Waals surface area (Å²) in [5, 5.41) is 0. The summed E-state index contributed by atoms with van der Waals surface area (Å²) < 4.78 is 31.4. The maximum Gasteiger partial charge on any atom is 0.336 e. The van der Waals surface area contributed by atoms with Crippen LogP contribution < -0.4 is 0 Å². The summed E-state index contributed by atoms with van der Waals surface area (Å²) >= 11 is 0. The number of unbranched alkanes of at least 4 members (excludes halogenated alkanes) is 1. The molecule has 0 heterocycles. The molecule has 1 aromatic rings. The van der Waals surface area contributed by atoms with Crippen LogP contribution in [-0.4, -0.2) is 12.6 Å². The van der Waals surface area contributed by atoms with Crippen LogP contribution >= 0.6 is 0 Å². The van der Waals surface area contributed by atoms with Crippen LogP contribution in [0.3, 0.4) is 0 Å². The van der Waals surface area contributed by atoms with Gasteiger partial charge in [0.2, 0.25) is 0 Å². The van der Waals surface area contributed by atoms with Crippen molar-refractivity contribution < 1.29 is 18.3 Å². The van der Waals surface area contributed by atoms with E-state index in [0.29, 0.717) is 0 Å². The lowest BCUT2D eigenvalue weighted by molar-refractivity contribution is -0.139. The summed E-state index contributed by atoms with van der Waals surface area (Å²) in [6.07, 6.45) is -0.0525. The van der Waals surface area contributed by atoms with Crippen molar-refractivity contribution >= 4 is 5.97 Å². The molecule has 0 fully saturated rings. The van der Waals surface area contributed by atoms with Crippen LogP contribution in [0.1, 0.15) is 31.5 Å². The molecule has 1 aromatic carbocycles. The van der Waals surface area contributed by atoms with Crippen molar-refractivity contribution in [3.8, 4) is 0 Å². The highest BCUT2D eigenvalue weighted by Gasteiger charge is 2.21. The maximum atomic E-state index is 13.9. The summed E-state index contributed by atoms with van der Waals surface area (Å²) in [4.78, 5) is 11.5. The zero-order valence-corrected chi connectivity index (χ0v) is 10.3. The number of hydrogen-bond donors (Lipinski definition) is 0. The van der Waals surface area contributed by atoms with E-state index in [1.165, 1.54) is 12.1 Å². The fraction of sp³-hybridized carbons (Fsp3) is 0.357. The first-order chi connectivity index (χ1) is 8.56. The van der Waals surface area contributed by atoms with Crippen molar-refractivity contribution in [2.75, 3.05) is 6.61 Å². The minimum absolute atomic E-state index is 0.189. The molecule has 0 aliphatic heterocycles. The minimum atomic E-state index is -1.67. The van der Waals surface area contributed by atoms with Gasteiger partial charge in [0.05, 0.1) is 12.2 Å². The minimum Gasteiger partial charge on any atom is -0.462 e. The summed E-state index contributed by atoms with van der Waals surface area (Å²) in [5.41, 5.74) is -0.0773. The standard InChI is InChI=1S/C14H16F2O2/c1-3-4-9-18-14(17)10(2)13(16)11-5-7-12(15)8-6-11/h5-8,13H,2-4,9H2,1H3. The van der Waals surface area contributed by atoms with Gasteiger partial charge in [-0.3, -0.25) is 0 Å². The average Bonchev–Trinajstić information content (AvgIpc) is 2.38. The van der Waals surface area contributed by atoms with E-state index in [9.17, 15) is 13.6 Å². The number of carbonyl (C=O) groups excluding carboxylic acids is 1. The molecule has 2 nitrogen and oxygen atoms in total. The fourth-order valence-electron chi connectivity index (χ4n) is 1.34. The lowest BCUT2D eigenvalue weighted by Crippen LogP contribution is -2.12. The van der Waals surface area contributed by atoms with Crippen LogP contribution in [0, 0.1) is 5.82 Å². The molecule has 0 radical (unpaired) electrons. The van der Waals surface area contributed by atoms with Crippen molar-refractivity contribution in [2.24, 2.45) is 0 Å². The Bertz CT molecular complexity index is 412. The topological polar surface area (TPSA) is 26.3 Å². The molecule has 4 heteroatoms. The third kappa shape index (κ3) is 3.95. The summed E-state index contributed by atoms with van der Waals surface area (Å²) in [6, 6.07) is 4.84. The van der Waals surface area contributed by atoms with Gasteiger partial charge in [-0.05, 0) is 24.1 Å². The maximum absolute atomic E-state index is 13.9. The highest BCUT2D eigenvalue weighted by molar-refractivity contribution is 5.89. The fourth-order valence-corrected chi connectivity index (χ4v) is 1.34.